The molecule has 1 aromatic heterocycles. The summed E-state index contributed by atoms with van der Waals surface area (Å²) in [7, 11) is -3.30. The van der Waals surface area contributed by atoms with E-state index in [4.69, 9.17) is 4.74 Å². The van der Waals surface area contributed by atoms with E-state index >= 15 is 0 Å². The SMILES string of the molecule is CS(=O)(=O)c1cc(OC2CCCC2)cc(Br)n1. The normalized spacial score (nSPS) is 17.3. The highest BCUT2D eigenvalue weighted by atomic mass is 79.9. The molecule has 1 heterocycles. The maximum atomic E-state index is 11.4. The van der Waals surface area contributed by atoms with Crippen molar-refractivity contribution in [1.29, 1.82) is 0 Å². The van der Waals surface area contributed by atoms with Gasteiger partial charge in [0.05, 0.1) is 6.10 Å². The molecule has 1 aliphatic carbocycles. The number of pyridine rings is 1. The molecule has 0 amide bonds. The van der Waals surface area contributed by atoms with E-state index in [0.717, 1.165) is 19.1 Å². The van der Waals surface area contributed by atoms with E-state index in [0.29, 0.717) is 10.4 Å². The van der Waals surface area contributed by atoms with Crippen molar-refractivity contribution in [2.45, 2.75) is 36.8 Å². The van der Waals surface area contributed by atoms with Crippen LogP contribution in [0, 0.1) is 0 Å². The van der Waals surface area contributed by atoms with Crippen LogP contribution in [0.4, 0.5) is 0 Å². The molecule has 0 atom stereocenters. The Morgan fingerprint density at radius 3 is 2.59 bits per heavy atom. The summed E-state index contributed by atoms with van der Waals surface area (Å²) >= 11 is 3.20. The highest BCUT2D eigenvalue weighted by molar-refractivity contribution is 9.10. The van der Waals surface area contributed by atoms with E-state index in [1.807, 2.05) is 0 Å². The molecule has 1 aromatic rings. The Morgan fingerprint density at radius 2 is 2.00 bits per heavy atom. The molecular formula is C11H14BrNO3S. The first kappa shape index (κ1) is 12.8. The van der Waals surface area contributed by atoms with Crippen molar-refractivity contribution >= 4 is 25.8 Å². The molecule has 1 aliphatic rings. The lowest BCUT2D eigenvalue weighted by molar-refractivity contribution is 0.209. The van der Waals surface area contributed by atoms with Gasteiger partial charge < -0.3 is 4.74 Å². The van der Waals surface area contributed by atoms with Gasteiger partial charge in [-0.1, -0.05) is 0 Å². The number of nitrogens with zero attached hydrogens (tertiary/aromatic N) is 1. The second-order valence-electron chi connectivity index (χ2n) is 4.26. The molecule has 1 saturated carbocycles. The zero-order valence-corrected chi connectivity index (χ0v) is 11.9. The van der Waals surface area contributed by atoms with Crippen LogP contribution in [0.5, 0.6) is 5.75 Å². The van der Waals surface area contributed by atoms with Crippen molar-refractivity contribution < 1.29 is 13.2 Å². The Morgan fingerprint density at radius 1 is 1.35 bits per heavy atom. The summed E-state index contributed by atoms with van der Waals surface area (Å²) < 4.78 is 29.1. The summed E-state index contributed by atoms with van der Waals surface area (Å²) in [6.45, 7) is 0. The number of ether oxygens (including phenoxy) is 1. The molecule has 0 bridgehead atoms. The quantitative estimate of drug-likeness (QED) is 0.803. The number of sulfone groups is 1. The molecule has 0 unspecified atom stereocenters. The van der Waals surface area contributed by atoms with Crippen molar-refractivity contribution in [3.63, 3.8) is 0 Å². The van der Waals surface area contributed by atoms with Gasteiger partial charge in [0, 0.05) is 18.4 Å². The van der Waals surface area contributed by atoms with Gasteiger partial charge in [0.25, 0.3) is 0 Å². The molecule has 1 fully saturated rings. The van der Waals surface area contributed by atoms with Crippen LogP contribution in [0.1, 0.15) is 25.7 Å². The third kappa shape index (κ3) is 3.42. The zero-order chi connectivity index (χ0) is 12.5. The summed E-state index contributed by atoms with van der Waals surface area (Å²) in [6.07, 6.45) is 5.77. The Labute approximate surface area is 109 Å². The van der Waals surface area contributed by atoms with Gasteiger partial charge in [-0.05, 0) is 41.6 Å². The van der Waals surface area contributed by atoms with E-state index < -0.39 is 9.84 Å². The van der Waals surface area contributed by atoms with Gasteiger partial charge in [-0.15, -0.1) is 0 Å². The predicted molar refractivity (Wildman–Crippen MR) is 67.9 cm³/mol. The Bertz CT molecular complexity index is 509. The topological polar surface area (TPSA) is 56.3 Å². The Kier molecular flexibility index (Phi) is 3.73. The molecule has 6 heteroatoms. The molecule has 0 spiro atoms. The lowest BCUT2D eigenvalue weighted by Gasteiger charge is -2.13. The number of halogens is 1. The molecule has 0 radical (unpaired) electrons. The third-order valence-corrected chi connectivity index (χ3v) is 4.10. The van der Waals surface area contributed by atoms with E-state index in [-0.39, 0.29) is 11.1 Å². The fourth-order valence-electron chi connectivity index (χ4n) is 1.91. The first-order valence-corrected chi connectivity index (χ1v) is 8.18. The van der Waals surface area contributed by atoms with Crippen LogP contribution < -0.4 is 4.74 Å². The fourth-order valence-corrected chi connectivity index (χ4v) is 3.04. The van der Waals surface area contributed by atoms with Crippen LogP contribution in [-0.4, -0.2) is 25.8 Å². The number of rotatable bonds is 3. The van der Waals surface area contributed by atoms with Gasteiger partial charge in [0.1, 0.15) is 10.4 Å². The number of hydrogen-bond donors (Lipinski definition) is 0. The van der Waals surface area contributed by atoms with Crippen molar-refractivity contribution in [3.05, 3.63) is 16.7 Å². The molecule has 0 aromatic carbocycles. The lowest BCUT2D eigenvalue weighted by atomic mass is 10.3. The summed E-state index contributed by atoms with van der Waals surface area (Å²) in [5.41, 5.74) is 0. The zero-order valence-electron chi connectivity index (χ0n) is 9.52. The van der Waals surface area contributed by atoms with Crippen LogP contribution >= 0.6 is 15.9 Å². The summed E-state index contributed by atoms with van der Waals surface area (Å²) in [4.78, 5) is 3.93. The smallest absolute Gasteiger partial charge is 0.192 e. The molecule has 0 saturated heterocycles. The standard InChI is InChI=1S/C11H14BrNO3S/c1-17(14,15)11-7-9(6-10(12)13-11)16-8-4-2-3-5-8/h6-8H,2-5H2,1H3. The van der Waals surface area contributed by atoms with Gasteiger partial charge in [0.15, 0.2) is 14.9 Å². The summed E-state index contributed by atoms with van der Waals surface area (Å²) in [5.74, 6) is 0.569. The Hall–Kier alpha value is -0.620. The van der Waals surface area contributed by atoms with Gasteiger partial charge in [-0.3, -0.25) is 0 Å². The van der Waals surface area contributed by atoms with Crippen LogP contribution in [-0.2, 0) is 9.84 Å². The van der Waals surface area contributed by atoms with Crippen molar-refractivity contribution in [3.8, 4) is 5.75 Å². The minimum Gasteiger partial charge on any atom is -0.490 e. The summed E-state index contributed by atoms with van der Waals surface area (Å²) in [5, 5.41) is 0.0415. The van der Waals surface area contributed by atoms with Gasteiger partial charge in [-0.2, -0.15) is 0 Å². The van der Waals surface area contributed by atoms with E-state index in [1.54, 1.807) is 6.07 Å². The van der Waals surface area contributed by atoms with Crippen molar-refractivity contribution in [2.75, 3.05) is 6.26 Å². The van der Waals surface area contributed by atoms with Gasteiger partial charge in [0.2, 0.25) is 0 Å². The molecular weight excluding hydrogens is 306 g/mol. The first-order chi connectivity index (χ1) is 7.95. The van der Waals surface area contributed by atoms with Crippen LogP contribution in [0.15, 0.2) is 21.8 Å². The minimum atomic E-state index is -3.30. The average molecular weight is 320 g/mol. The molecule has 0 N–H and O–H groups in total. The monoisotopic (exact) mass is 319 g/mol. The fraction of sp³-hybridized carbons (Fsp3) is 0.545. The second kappa shape index (κ2) is 4.94. The predicted octanol–water partition coefficient (Wildman–Crippen LogP) is 2.57. The van der Waals surface area contributed by atoms with Crippen molar-refractivity contribution in [1.82, 2.24) is 4.98 Å². The van der Waals surface area contributed by atoms with Gasteiger partial charge >= 0.3 is 0 Å². The molecule has 94 valence electrons. The third-order valence-electron chi connectivity index (χ3n) is 2.73. The maximum absolute atomic E-state index is 11.4. The summed E-state index contributed by atoms with van der Waals surface area (Å²) in [6, 6.07) is 3.19. The minimum absolute atomic E-state index is 0.0415. The molecule has 0 aliphatic heterocycles. The first-order valence-electron chi connectivity index (χ1n) is 5.49. The van der Waals surface area contributed by atoms with Gasteiger partial charge in [-0.25, -0.2) is 13.4 Å². The number of hydrogen-bond acceptors (Lipinski definition) is 4. The van der Waals surface area contributed by atoms with Crippen LogP contribution in [0.3, 0.4) is 0 Å². The van der Waals surface area contributed by atoms with E-state index in [9.17, 15) is 8.42 Å². The maximum Gasteiger partial charge on any atom is 0.192 e. The van der Waals surface area contributed by atoms with Crippen molar-refractivity contribution in [2.24, 2.45) is 0 Å². The highest BCUT2D eigenvalue weighted by Gasteiger charge is 2.18. The Balaban J connectivity index is 2.25. The van der Waals surface area contributed by atoms with E-state index in [1.165, 1.54) is 18.9 Å². The average Bonchev–Trinajstić information content (AvgIpc) is 2.68. The molecule has 4 nitrogen and oxygen atoms in total. The van der Waals surface area contributed by atoms with Crippen LogP contribution in [0.25, 0.3) is 0 Å². The lowest BCUT2D eigenvalue weighted by Crippen LogP contribution is -2.11. The van der Waals surface area contributed by atoms with E-state index in [2.05, 4.69) is 20.9 Å². The van der Waals surface area contributed by atoms with Crippen LogP contribution in [0.2, 0.25) is 0 Å². The number of aromatic nitrogens is 1. The molecule has 17 heavy (non-hydrogen) atoms. The largest absolute Gasteiger partial charge is 0.490 e. The molecule has 2 rings (SSSR count). The highest BCUT2D eigenvalue weighted by Crippen LogP contribution is 2.27. The second-order valence-corrected chi connectivity index (χ2v) is 7.04.